The third-order valence-corrected chi connectivity index (χ3v) is 2.99. The highest BCUT2D eigenvalue weighted by atomic mass is 16.5. The van der Waals surface area contributed by atoms with E-state index >= 15 is 0 Å². The zero-order valence-electron chi connectivity index (χ0n) is 11.7. The van der Waals surface area contributed by atoms with Crippen molar-refractivity contribution in [2.45, 2.75) is 20.3 Å². The van der Waals surface area contributed by atoms with Crippen molar-refractivity contribution in [3.05, 3.63) is 53.9 Å². The van der Waals surface area contributed by atoms with Crippen LogP contribution in [-0.2, 0) is 11.2 Å². The number of nitrogens with one attached hydrogen (secondary N) is 1. The summed E-state index contributed by atoms with van der Waals surface area (Å²) in [5.41, 5.74) is 2.59. The Hall–Kier alpha value is -2.36. The van der Waals surface area contributed by atoms with Crippen LogP contribution in [0, 0.1) is 6.92 Å². The van der Waals surface area contributed by atoms with Gasteiger partial charge >= 0.3 is 0 Å². The molecule has 1 aromatic carbocycles. The van der Waals surface area contributed by atoms with Gasteiger partial charge in [0.25, 0.3) is 5.91 Å². The molecule has 0 fully saturated rings. The molecule has 0 saturated heterocycles. The standard InChI is InChI=1S/C16H18N2O2/c1-3-13-7-4-5-9-15(13)20-11-16(19)18-14-8-6-10-17-12(14)2/h4-10H,3,11H2,1-2H3,(H,18,19). The number of anilines is 1. The molecule has 0 aliphatic carbocycles. The minimum atomic E-state index is -0.188. The maximum Gasteiger partial charge on any atom is 0.262 e. The van der Waals surface area contributed by atoms with Crippen LogP contribution in [0.3, 0.4) is 0 Å². The summed E-state index contributed by atoms with van der Waals surface area (Å²) >= 11 is 0. The van der Waals surface area contributed by atoms with Gasteiger partial charge in [-0.25, -0.2) is 0 Å². The maximum atomic E-state index is 11.9. The number of amides is 1. The lowest BCUT2D eigenvalue weighted by Gasteiger charge is -2.11. The van der Waals surface area contributed by atoms with E-state index in [2.05, 4.69) is 17.2 Å². The van der Waals surface area contributed by atoms with Crippen LogP contribution in [0.15, 0.2) is 42.6 Å². The molecule has 0 aliphatic heterocycles. The summed E-state index contributed by atoms with van der Waals surface area (Å²) < 4.78 is 5.57. The van der Waals surface area contributed by atoms with E-state index < -0.39 is 0 Å². The van der Waals surface area contributed by atoms with Crippen molar-refractivity contribution in [2.75, 3.05) is 11.9 Å². The van der Waals surface area contributed by atoms with E-state index in [-0.39, 0.29) is 12.5 Å². The lowest BCUT2D eigenvalue weighted by molar-refractivity contribution is -0.118. The Morgan fingerprint density at radius 1 is 1.25 bits per heavy atom. The SMILES string of the molecule is CCc1ccccc1OCC(=O)Nc1cccnc1C. The Morgan fingerprint density at radius 3 is 2.80 bits per heavy atom. The highest BCUT2D eigenvalue weighted by molar-refractivity contribution is 5.92. The Balaban J connectivity index is 1.94. The molecule has 0 bridgehead atoms. The lowest BCUT2D eigenvalue weighted by Crippen LogP contribution is -2.21. The number of ether oxygens (including phenoxy) is 1. The molecule has 0 spiro atoms. The smallest absolute Gasteiger partial charge is 0.262 e. The number of carbonyl (C=O) groups excluding carboxylic acids is 1. The van der Waals surface area contributed by atoms with Crippen molar-refractivity contribution in [3.63, 3.8) is 0 Å². The van der Waals surface area contributed by atoms with Crippen LogP contribution in [0.5, 0.6) is 5.75 Å². The van der Waals surface area contributed by atoms with Crippen LogP contribution in [0.2, 0.25) is 0 Å². The summed E-state index contributed by atoms with van der Waals surface area (Å²) in [6.45, 7) is 3.90. The number of benzene rings is 1. The lowest BCUT2D eigenvalue weighted by atomic mass is 10.1. The predicted molar refractivity (Wildman–Crippen MR) is 78.9 cm³/mol. The fourth-order valence-electron chi connectivity index (χ4n) is 1.88. The minimum Gasteiger partial charge on any atom is -0.483 e. The molecule has 0 radical (unpaired) electrons. The molecular formula is C16H18N2O2. The van der Waals surface area contributed by atoms with Gasteiger partial charge in [0.1, 0.15) is 5.75 Å². The molecule has 4 nitrogen and oxygen atoms in total. The predicted octanol–water partition coefficient (Wildman–Crippen LogP) is 2.97. The van der Waals surface area contributed by atoms with Crippen LogP contribution in [0.4, 0.5) is 5.69 Å². The highest BCUT2D eigenvalue weighted by Crippen LogP contribution is 2.18. The van der Waals surface area contributed by atoms with Gasteiger partial charge in [-0.2, -0.15) is 0 Å². The fraction of sp³-hybridized carbons (Fsp3) is 0.250. The van der Waals surface area contributed by atoms with Gasteiger partial charge in [0.15, 0.2) is 6.61 Å². The topological polar surface area (TPSA) is 51.2 Å². The summed E-state index contributed by atoms with van der Waals surface area (Å²) in [4.78, 5) is 16.0. The molecule has 0 saturated carbocycles. The first-order valence-corrected chi connectivity index (χ1v) is 6.63. The number of aryl methyl sites for hydroxylation is 2. The van der Waals surface area contributed by atoms with Crippen molar-refractivity contribution >= 4 is 11.6 Å². The van der Waals surface area contributed by atoms with E-state index in [1.807, 2.05) is 37.3 Å². The van der Waals surface area contributed by atoms with E-state index in [0.29, 0.717) is 5.69 Å². The van der Waals surface area contributed by atoms with Crippen LogP contribution in [0.25, 0.3) is 0 Å². The minimum absolute atomic E-state index is 0.00858. The summed E-state index contributed by atoms with van der Waals surface area (Å²) in [7, 11) is 0. The van der Waals surface area contributed by atoms with E-state index in [4.69, 9.17) is 4.74 Å². The van der Waals surface area contributed by atoms with Crippen molar-refractivity contribution in [1.82, 2.24) is 4.98 Å². The van der Waals surface area contributed by atoms with Gasteiger partial charge < -0.3 is 10.1 Å². The first-order chi connectivity index (χ1) is 9.70. The molecule has 1 N–H and O–H groups in total. The molecule has 0 unspecified atom stereocenters. The zero-order chi connectivity index (χ0) is 14.4. The molecule has 2 rings (SSSR count). The number of hydrogen-bond acceptors (Lipinski definition) is 3. The highest BCUT2D eigenvalue weighted by Gasteiger charge is 2.07. The molecule has 4 heteroatoms. The molecule has 0 aliphatic rings. The van der Waals surface area contributed by atoms with Gasteiger partial charge in [0, 0.05) is 6.20 Å². The second kappa shape index (κ2) is 6.70. The van der Waals surface area contributed by atoms with Crippen molar-refractivity contribution in [2.24, 2.45) is 0 Å². The van der Waals surface area contributed by atoms with Crippen molar-refractivity contribution in [1.29, 1.82) is 0 Å². The number of hydrogen-bond donors (Lipinski definition) is 1. The second-order valence-corrected chi connectivity index (χ2v) is 4.43. The largest absolute Gasteiger partial charge is 0.483 e. The summed E-state index contributed by atoms with van der Waals surface area (Å²) in [5.74, 6) is 0.570. The Kier molecular flexibility index (Phi) is 4.71. The Morgan fingerprint density at radius 2 is 2.05 bits per heavy atom. The second-order valence-electron chi connectivity index (χ2n) is 4.43. The van der Waals surface area contributed by atoms with E-state index in [1.54, 1.807) is 12.3 Å². The molecule has 1 aromatic heterocycles. The molecular weight excluding hydrogens is 252 g/mol. The molecule has 1 heterocycles. The fourth-order valence-corrected chi connectivity index (χ4v) is 1.88. The molecule has 2 aromatic rings. The van der Waals surface area contributed by atoms with Crippen LogP contribution in [-0.4, -0.2) is 17.5 Å². The van der Waals surface area contributed by atoms with E-state index in [0.717, 1.165) is 23.4 Å². The molecule has 20 heavy (non-hydrogen) atoms. The Labute approximate surface area is 118 Å². The van der Waals surface area contributed by atoms with Crippen LogP contribution in [0.1, 0.15) is 18.2 Å². The average Bonchev–Trinajstić information content (AvgIpc) is 2.48. The molecule has 0 atom stereocenters. The quantitative estimate of drug-likeness (QED) is 0.908. The third kappa shape index (κ3) is 3.57. The monoisotopic (exact) mass is 270 g/mol. The number of para-hydroxylation sites is 1. The van der Waals surface area contributed by atoms with Crippen LogP contribution < -0.4 is 10.1 Å². The van der Waals surface area contributed by atoms with E-state index in [9.17, 15) is 4.79 Å². The number of nitrogens with zero attached hydrogens (tertiary/aromatic N) is 1. The van der Waals surface area contributed by atoms with Gasteiger partial charge in [0.2, 0.25) is 0 Å². The average molecular weight is 270 g/mol. The number of aromatic nitrogens is 1. The number of pyridine rings is 1. The van der Waals surface area contributed by atoms with Gasteiger partial charge in [-0.15, -0.1) is 0 Å². The third-order valence-electron chi connectivity index (χ3n) is 2.99. The van der Waals surface area contributed by atoms with Gasteiger partial charge in [0.05, 0.1) is 11.4 Å². The van der Waals surface area contributed by atoms with Gasteiger partial charge in [-0.3, -0.25) is 9.78 Å². The summed E-state index contributed by atoms with van der Waals surface area (Å²) in [6, 6.07) is 11.3. The first kappa shape index (κ1) is 14.1. The number of rotatable bonds is 5. The van der Waals surface area contributed by atoms with Gasteiger partial charge in [-0.05, 0) is 37.1 Å². The first-order valence-electron chi connectivity index (χ1n) is 6.63. The molecule has 1 amide bonds. The van der Waals surface area contributed by atoms with Crippen LogP contribution >= 0.6 is 0 Å². The van der Waals surface area contributed by atoms with E-state index in [1.165, 1.54) is 0 Å². The van der Waals surface area contributed by atoms with Crippen molar-refractivity contribution in [3.8, 4) is 5.75 Å². The normalized spacial score (nSPS) is 10.1. The summed E-state index contributed by atoms with van der Waals surface area (Å²) in [6.07, 6.45) is 2.57. The maximum absolute atomic E-state index is 11.9. The summed E-state index contributed by atoms with van der Waals surface area (Å²) in [5, 5.41) is 2.79. The van der Waals surface area contributed by atoms with Gasteiger partial charge in [-0.1, -0.05) is 25.1 Å². The van der Waals surface area contributed by atoms with Crippen molar-refractivity contribution < 1.29 is 9.53 Å². The number of carbonyl (C=O) groups is 1. The Bertz CT molecular complexity index is 597. The zero-order valence-corrected chi connectivity index (χ0v) is 11.7. The molecule has 104 valence electrons.